The summed E-state index contributed by atoms with van der Waals surface area (Å²) in [4.78, 5) is 13.6. The Bertz CT molecular complexity index is 965. The summed E-state index contributed by atoms with van der Waals surface area (Å²) in [5.74, 6) is 1.68. The number of thioether (sulfide) groups is 1. The standard InChI is InChI=1S/C17H15N5S/c1-2-10-23-17-19-14-8-4-3-7-13(14)16-20-15(21-22(16)17)12-6-5-9-18-11-12/h3-9,11H,2,10H2,1H3. The van der Waals surface area contributed by atoms with Gasteiger partial charge in [-0.3, -0.25) is 4.98 Å². The maximum absolute atomic E-state index is 4.76. The van der Waals surface area contributed by atoms with Gasteiger partial charge in [0, 0.05) is 29.1 Å². The molecule has 0 aliphatic heterocycles. The van der Waals surface area contributed by atoms with Crippen molar-refractivity contribution in [2.24, 2.45) is 0 Å². The highest BCUT2D eigenvalue weighted by Gasteiger charge is 2.14. The molecule has 23 heavy (non-hydrogen) atoms. The summed E-state index contributed by atoms with van der Waals surface area (Å²) < 4.78 is 1.85. The Hall–Kier alpha value is -2.47. The Kier molecular flexibility index (Phi) is 3.67. The summed E-state index contributed by atoms with van der Waals surface area (Å²) in [6.07, 6.45) is 4.62. The SMILES string of the molecule is CCCSc1nc2ccccc2c2nc(-c3cccnc3)nn12. The third kappa shape index (κ3) is 2.55. The average molecular weight is 321 g/mol. The molecule has 3 aromatic heterocycles. The number of pyridine rings is 1. The van der Waals surface area contributed by atoms with Crippen LogP contribution in [-0.2, 0) is 0 Å². The van der Waals surface area contributed by atoms with Gasteiger partial charge in [-0.15, -0.1) is 5.10 Å². The summed E-state index contributed by atoms with van der Waals surface area (Å²) >= 11 is 1.71. The molecule has 0 amide bonds. The van der Waals surface area contributed by atoms with Gasteiger partial charge in [0.15, 0.2) is 16.6 Å². The van der Waals surface area contributed by atoms with E-state index >= 15 is 0 Å². The lowest BCUT2D eigenvalue weighted by Gasteiger charge is -2.04. The minimum Gasteiger partial charge on any atom is -0.264 e. The van der Waals surface area contributed by atoms with E-state index in [1.165, 1.54) is 0 Å². The third-order valence-corrected chi connectivity index (χ3v) is 4.64. The first-order valence-electron chi connectivity index (χ1n) is 7.55. The Morgan fingerprint density at radius 2 is 2.00 bits per heavy atom. The van der Waals surface area contributed by atoms with Crippen molar-refractivity contribution in [1.29, 1.82) is 0 Å². The molecule has 1 aromatic carbocycles. The summed E-state index contributed by atoms with van der Waals surface area (Å²) in [6.45, 7) is 2.16. The summed E-state index contributed by atoms with van der Waals surface area (Å²) in [6, 6.07) is 11.9. The molecule has 3 heterocycles. The Labute approximate surface area is 137 Å². The second kappa shape index (κ2) is 5.96. The van der Waals surface area contributed by atoms with E-state index in [-0.39, 0.29) is 0 Å². The first kappa shape index (κ1) is 14.1. The average Bonchev–Trinajstić information content (AvgIpc) is 3.06. The van der Waals surface area contributed by atoms with Crippen LogP contribution in [0.25, 0.3) is 27.9 Å². The summed E-state index contributed by atoms with van der Waals surface area (Å²) in [7, 11) is 0. The lowest BCUT2D eigenvalue weighted by atomic mass is 10.2. The highest BCUT2D eigenvalue weighted by molar-refractivity contribution is 7.99. The van der Waals surface area contributed by atoms with E-state index in [1.54, 1.807) is 24.2 Å². The molecule has 0 radical (unpaired) electrons. The molecule has 0 aliphatic carbocycles. The van der Waals surface area contributed by atoms with Crippen molar-refractivity contribution in [2.45, 2.75) is 18.5 Å². The number of nitrogens with zero attached hydrogens (tertiary/aromatic N) is 5. The molecule has 0 atom stereocenters. The van der Waals surface area contributed by atoms with Gasteiger partial charge in [-0.2, -0.15) is 4.52 Å². The lowest BCUT2D eigenvalue weighted by molar-refractivity contribution is 0.810. The fourth-order valence-electron chi connectivity index (χ4n) is 2.43. The van der Waals surface area contributed by atoms with Crippen molar-refractivity contribution in [3.63, 3.8) is 0 Å². The minimum absolute atomic E-state index is 0.676. The number of aromatic nitrogens is 5. The van der Waals surface area contributed by atoms with Crippen LogP contribution in [0.4, 0.5) is 0 Å². The van der Waals surface area contributed by atoms with E-state index in [2.05, 4.69) is 17.0 Å². The van der Waals surface area contributed by atoms with Crippen LogP contribution in [0.5, 0.6) is 0 Å². The van der Waals surface area contributed by atoms with Crippen LogP contribution in [0.2, 0.25) is 0 Å². The zero-order chi connectivity index (χ0) is 15.6. The van der Waals surface area contributed by atoms with Crippen LogP contribution in [0.15, 0.2) is 53.9 Å². The monoisotopic (exact) mass is 321 g/mol. The fraction of sp³-hybridized carbons (Fsp3) is 0.176. The minimum atomic E-state index is 0.676. The number of fused-ring (bicyclic) bond motifs is 3. The van der Waals surface area contributed by atoms with Gasteiger partial charge < -0.3 is 0 Å². The summed E-state index contributed by atoms with van der Waals surface area (Å²) in [5.41, 5.74) is 2.70. The van der Waals surface area contributed by atoms with Crippen LogP contribution in [0.1, 0.15) is 13.3 Å². The van der Waals surface area contributed by atoms with E-state index < -0.39 is 0 Å². The number of hydrogen-bond donors (Lipinski definition) is 0. The van der Waals surface area contributed by atoms with E-state index in [1.807, 2.05) is 40.9 Å². The van der Waals surface area contributed by atoms with Gasteiger partial charge in [0.2, 0.25) is 0 Å². The molecule has 4 rings (SSSR count). The van der Waals surface area contributed by atoms with Crippen molar-refractivity contribution in [1.82, 2.24) is 24.6 Å². The molecule has 0 saturated heterocycles. The van der Waals surface area contributed by atoms with Gasteiger partial charge in [-0.25, -0.2) is 9.97 Å². The van der Waals surface area contributed by atoms with Crippen LogP contribution in [0, 0.1) is 0 Å². The number of rotatable bonds is 4. The maximum Gasteiger partial charge on any atom is 0.191 e. The molecule has 0 fully saturated rings. The molecule has 114 valence electrons. The molecule has 0 spiro atoms. The topological polar surface area (TPSA) is 56.0 Å². The lowest BCUT2D eigenvalue weighted by Crippen LogP contribution is -1.98. The number of hydrogen-bond acceptors (Lipinski definition) is 5. The highest BCUT2D eigenvalue weighted by Crippen LogP contribution is 2.26. The normalized spacial score (nSPS) is 11.3. The zero-order valence-corrected chi connectivity index (χ0v) is 13.5. The first-order valence-corrected chi connectivity index (χ1v) is 8.54. The molecular weight excluding hydrogens is 306 g/mol. The number of para-hydroxylation sites is 1. The molecule has 6 heteroatoms. The van der Waals surface area contributed by atoms with Gasteiger partial charge in [-0.1, -0.05) is 30.8 Å². The zero-order valence-electron chi connectivity index (χ0n) is 12.7. The van der Waals surface area contributed by atoms with Gasteiger partial charge in [0.05, 0.1) is 5.52 Å². The van der Waals surface area contributed by atoms with Crippen molar-refractivity contribution < 1.29 is 0 Å². The second-order valence-corrected chi connectivity index (χ2v) is 6.23. The Morgan fingerprint density at radius 1 is 1.09 bits per heavy atom. The van der Waals surface area contributed by atoms with Gasteiger partial charge in [0.25, 0.3) is 0 Å². The van der Waals surface area contributed by atoms with Gasteiger partial charge >= 0.3 is 0 Å². The molecule has 0 N–H and O–H groups in total. The fourth-order valence-corrected chi connectivity index (χ4v) is 3.23. The van der Waals surface area contributed by atoms with Gasteiger partial charge in [0.1, 0.15) is 0 Å². The van der Waals surface area contributed by atoms with E-state index in [9.17, 15) is 0 Å². The Morgan fingerprint density at radius 3 is 2.83 bits per heavy atom. The summed E-state index contributed by atoms with van der Waals surface area (Å²) in [5, 5.41) is 6.56. The molecular formula is C17H15N5S. The van der Waals surface area contributed by atoms with E-state index in [0.717, 1.165) is 39.4 Å². The molecule has 0 unspecified atom stereocenters. The molecule has 0 aliphatic rings. The van der Waals surface area contributed by atoms with Crippen LogP contribution < -0.4 is 0 Å². The van der Waals surface area contributed by atoms with Crippen LogP contribution in [0.3, 0.4) is 0 Å². The second-order valence-electron chi connectivity index (χ2n) is 5.17. The van der Waals surface area contributed by atoms with Crippen molar-refractivity contribution in [3.05, 3.63) is 48.8 Å². The largest absolute Gasteiger partial charge is 0.264 e. The van der Waals surface area contributed by atoms with Crippen molar-refractivity contribution >= 4 is 28.3 Å². The smallest absolute Gasteiger partial charge is 0.191 e. The number of benzene rings is 1. The van der Waals surface area contributed by atoms with Crippen LogP contribution >= 0.6 is 11.8 Å². The van der Waals surface area contributed by atoms with E-state index in [4.69, 9.17) is 9.97 Å². The van der Waals surface area contributed by atoms with Gasteiger partial charge in [-0.05, 0) is 30.7 Å². The maximum atomic E-state index is 4.76. The van der Waals surface area contributed by atoms with Crippen molar-refractivity contribution in [3.8, 4) is 11.4 Å². The highest BCUT2D eigenvalue weighted by atomic mass is 32.2. The molecule has 4 aromatic rings. The Balaban J connectivity index is 1.98. The predicted octanol–water partition coefficient (Wildman–Crippen LogP) is 3.84. The van der Waals surface area contributed by atoms with Crippen LogP contribution in [-0.4, -0.2) is 30.3 Å². The predicted molar refractivity (Wildman–Crippen MR) is 92.5 cm³/mol. The third-order valence-electron chi connectivity index (χ3n) is 3.50. The molecule has 0 bridgehead atoms. The van der Waals surface area contributed by atoms with Crippen molar-refractivity contribution in [2.75, 3.05) is 5.75 Å². The molecule has 5 nitrogen and oxygen atoms in total. The van der Waals surface area contributed by atoms with E-state index in [0.29, 0.717) is 5.82 Å². The first-order chi connectivity index (χ1) is 11.4. The molecule has 0 saturated carbocycles. The quantitative estimate of drug-likeness (QED) is 0.422.